The molecule has 0 heterocycles. The highest BCUT2D eigenvalue weighted by atomic mass is 35.5. The Hall–Kier alpha value is -0.640. The van der Waals surface area contributed by atoms with Crippen molar-refractivity contribution < 1.29 is 4.39 Å². The van der Waals surface area contributed by atoms with Crippen LogP contribution in [-0.4, -0.2) is 13.1 Å². The molecule has 1 atom stereocenters. The Balaban J connectivity index is 2.71. The van der Waals surface area contributed by atoms with Crippen LogP contribution in [0.25, 0.3) is 0 Å². The summed E-state index contributed by atoms with van der Waals surface area (Å²) in [6.45, 7) is 5.56. The zero-order chi connectivity index (χ0) is 13.5. The van der Waals surface area contributed by atoms with Crippen molar-refractivity contribution in [3.05, 3.63) is 34.6 Å². The molecule has 2 nitrogen and oxygen atoms in total. The first-order valence-corrected chi connectivity index (χ1v) is 6.88. The lowest BCUT2D eigenvalue weighted by atomic mass is 10.0. The van der Waals surface area contributed by atoms with Crippen LogP contribution in [0.3, 0.4) is 0 Å². The third-order valence-electron chi connectivity index (χ3n) is 3.38. The van der Waals surface area contributed by atoms with Gasteiger partial charge >= 0.3 is 0 Å². The summed E-state index contributed by atoms with van der Waals surface area (Å²) in [7, 11) is 0. The molecule has 0 bridgehead atoms. The number of halogens is 2. The van der Waals surface area contributed by atoms with Crippen LogP contribution in [0.15, 0.2) is 18.2 Å². The van der Waals surface area contributed by atoms with Gasteiger partial charge in [0.15, 0.2) is 0 Å². The third-order valence-corrected chi connectivity index (χ3v) is 3.62. The van der Waals surface area contributed by atoms with Crippen molar-refractivity contribution in [3.8, 4) is 0 Å². The van der Waals surface area contributed by atoms with Crippen molar-refractivity contribution in [2.45, 2.75) is 32.7 Å². The van der Waals surface area contributed by atoms with Crippen molar-refractivity contribution in [1.29, 1.82) is 0 Å². The van der Waals surface area contributed by atoms with Crippen LogP contribution in [0, 0.1) is 11.7 Å². The van der Waals surface area contributed by atoms with Crippen LogP contribution >= 0.6 is 11.6 Å². The van der Waals surface area contributed by atoms with Crippen molar-refractivity contribution in [2.24, 2.45) is 11.7 Å². The van der Waals surface area contributed by atoms with Gasteiger partial charge in [0, 0.05) is 23.2 Å². The highest BCUT2D eigenvalue weighted by Crippen LogP contribution is 2.20. The van der Waals surface area contributed by atoms with Gasteiger partial charge in [-0.15, -0.1) is 0 Å². The monoisotopic (exact) mass is 272 g/mol. The molecule has 0 aromatic heterocycles. The SMILES string of the molecule is CCC(CC)CNC(CN)c1ccc(Cl)cc1F. The molecular formula is C14H22ClFN2. The highest BCUT2D eigenvalue weighted by molar-refractivity contribution is 6.30. The van der Waals surface area contributed by atoms with Crippen LogP contribution in [-0.2, 0) is 0 Å². The van der Waals surface area contributed by atoms with E-state index in [4.69, 9.17) is 17.3 Å². The molecule has 0 saturated heterocycles. The normalized spacial score (nSPS) is 13.0. The van der Waals surface area contributed by atoms with Crippen molar-refractivity contribution >= 4 is 11.6 Å². The highest BCUT2D eigenvalue weighted by Gasteiger charge is 2.15. The second-order valence-electron chi connectivity index (χ2n) is 4.54. The van der Waals surface area contributed by atoms with E-state index in [2.05, 4.69) is 19.2 Å². The van der Waals surface area contributed by atoms with Crippen LogP contribution in [0.1, 0.15) is 38.3 Å². The van der Waals surface area contributed by atoms with Gasteiger partial charge in [0.05, 0.1) is 0 Å². The van der Waals surface area contributed by atoms with Crippen molar-refractivity contribution in [2.75, 3.05) is 13.1 Å². The predicted octanol–water partition coefficient (Wildman–Crippen LogP) is 3.50. The predicted molar refractivity (Wildman–Crippen MR) is 75.3 cm³/mol. The average molecular weight is 273 g/mol. The second kappa shape index (κ2) is 7.72. The summed E-state index contributed by atoms with van der Waals surface area (Å²) in [6.07, 6.45) is 2.23. The number of benzene rings is 1. The number of nitrogens with two attached hydrogens (primary N) is 1. The minimum absolute atomic E-state index is 0.150. The molecule has 18 heavy (non-hydrogen) atoms. The molecule has 4 heteroatoms. The molecular weight excluding hydrogens is 251 g/mol. The number of hydrogen-bond donors (Lipinski definition) is 2. The molecule has 0 spiro atoms. The average Bonchev–Trinajstić information content (AvgIpc) is 2.36. The number of rotatable bonds is 7. The standard InChI is InChI=1S/C14H22ClFN2/c1-3-10(4-2)9-18-14(8-17)12-6-5-11(15)7-13(12)16/h5-7,10,14,18H,3-4,8-9,17H2,1-2H3. The smallest absolute Gasteiger partial charge is 0.129 e. The molecule has 0 amide bonds. The van der Waals surface area contributed by atoms with E-state index in [1.54, 1.807) is 12.1 Å². The van der Waals surface area contributed by atoms with E-state index in [1.165, 1.54) is 6.07 Å². The van der Waals surface area contributed by atoms with Gasteiger partial charge in [-0.25, -0.2) is 4.39 Å². The van der Waals surface area contributed by atoms with Crippen LogP contribution in [0.4, 0.5) is 4.39 Å². The van der Waals surface area contributed by atoms with Gasteiger partial charge in [-0.2, -0.15) is 0 Å². The Morgan fingerprint density at radius 2 is 2.00 bits per heavy atom. The van der Waals surface area contributed by atoms with Crippen LogP contribution in [0.5, 0.6) is 0 Å². The van der Waals surface area contributed by atoms with Gasteiger partial charge in [0.25, 0.3) is 0 Å². The summed E-state index contributed by atoms with van der Waals surface area (Å²) in [6, 6.07) is 4.58. The lowest BCUT2D eigenvalue weighted by Gasteiger charge is -2.21. The van der Waals surface area contributed by atoms with Crippen LogP contribution < -0.4 is 11.1 Å². The molecule has 0 fully saturated rings. The summed E-state index contributed by atoms with van der Waals surface area (Å²) in [4.78, 5) is 0. The summed E-state index contributed by atoms with van der Waals surface area (Å²) < 4.78 is 13.8. The van der Waals surface area contributed by atoms with Gasteiger partial charge in [0.1, 0.15) is 5.82 Å². The first-order valence-electron chi connectivity index (χ1n) is 6.50. The largest absolute Gasteiger partial charge is 0.329 e. The van der Waals surface area contributed by atoms with E-state index in [-0.39, 0.29) is 11.9 Å². The summed E-state index contributed by atoms with van der Waals surface area (Å²) in [5.74, 6) is 0.310. The molecule has 0 radical (unpaired) electrons. The molecule has 0 aliphatic carbocycles. The maximum atomic E-state index is 13.8. The molecule has 102 valence electrons. The van der Waals surface area contributed by atoms with E-state index in [9.17, 15) is 4.39 Å². The van der Waals surface area contributed by atoms with Crippen molar-refractivity contribution in [3.63, 3.8) is 0 Å². The Morgan fingerprint density at radius 3 is 2.50 bits per heavy atom. The Bertz CT molecular complexity index is 367. The Kier molecular flexibility index (Phi) is 6.61. The third kappa shape index (κ3) is 4.23. The van der Waals surface area contributed by atoms with E-state index < -0.39 is 0 Å². The minimum atomic E-state index is -0.296. The fourth-order valence-electron chi connectivity index (χ4n) is 1.99. The Labute approximate surface area is 114 Å². The van der Waals surface area contributed by atoms with E-state index in [1.807, 2.05) is 0 Å². The fourth-order valence-corrected chi connectivity index (χ4v) is 2.15. The summed E-state index contributed by atoms with van der Waals surface area (Å²) in [5.41, 5.74) is 6.31. The van der Waals surface area contributed by atoms with E-state index in [0.29, 0.717) is 23.0 Å². The molecule has 1 rings (SSSR count). The first kappa shape index (κ1) is 15.4. The molecule has 0 saturated carbocycles. The Morgan fingerprint density at radius 1 is 1.33 bits per heavy atom. The summed E-state index contributed by atoms with van der Waals surface area (Å²) in [5, 5.41) is 3.75. The zero-order valence-corrected chi connectivity index (χ0v) is 11.8. The molecule has 0 aliphatic rings. The number of nitrogens with one attached hydrogen (secondary N) is 1. The summed E-state index contributed by atoms with van der Waals surface area (Å²) >= 11 is 5.75. The van der Waals surface area contributed by atoms with Gasteiger partial charge in [-0.05, 0) is 24.6 Å². The maximum Gasteiger partial charge on any atom is 0.129 e. The fraction of sp³-hybridized carbons (Fsp3) is 0.571. The number of hydrogen-bond acceptors (Lipinski definition) is 2. The van der Waals surface area contributed by atoms with Gasteiger partial charge < -0.3 is 11.1 Å². The minimum Gasteiger partial charge on any atom is -0.329 e. The van der Waals surface area contributed by atoms with E-state index >= 15 is 0 Å². The van der Waals surface area contributed by atoms with E-state index in [0.717, 1.165) is 19.4 Å². The topological polar surface area (TPSA) is 38.0 Å². The second-order valence-corrected chi connectivity index (χ2v) is 4.98. The van der Waals surface area contributed by atoms with Gasteiger partial charge in [-0.3, -0.25) is 0 Å². The lowest BCUT2D eigenvalue weighted by molar-refractivity contribution is 0.407. The van der Waals surface area contributed by atoms with Gasteiger partial charge in [0.2, 0.25) is 0 Å². The van der Waals surface area contributed by atoms with Crippen molar-refractivity contribution in [1.82, 2.24) is 5.32 Å². The molecule has 1 unspecified atom stereocenters. The lowest BCUT2D eigenvalue weighted by Crippen LogP contribution is -2.32. The quantitative estimate of drug-likeness (QED) is 0.797. The molecule has 3 N–H and O–H groups in total. The van der Waals surface area contributed by atoms with Gasteiger partial charge in [-0.1, -0.05) is 44.4 Å². The molecule has 1 aromatic rings. The molecule has 0 aliphatic heterocycles. The zero-order valence-electron chi connectivity index (χ0n) is 11.0. The molecule has 1 aromatic carbocycles. The maximum absolute atomic E-state index is 13.8. The first-order chi connectivity index (χ1) is 8.62. The van der Waals surface area contributed by atoms with Crippen LogP contribution in [0.2, 0.25) is 5.02 Å².